The summed E-state index contributed by atoms with van der Waals surface area (Å²) in [7, 11) is 0. The summed E-state index contributed by atoms with van der Waals surface area (Å²) in [6, 6.07) is 8.26. The molecule has 0 atom stereocenters. The molecule has 22 heavy (non-hydrogen) atoms. The van der Waals surface area contributed by atoms with Gasteiger partial charge in [0.2, 0.25) is 0 Å². The van der Waals surface area contributed by atoms with Crippen LogP contribution in [-0.2, 0) is 0 Å². The summed E-state index contributed by atoms with van der Waals surface area (Å²) in [5.74, 6) is -1.58. The van der Waals surface area contributed by atoms with Crippen LogP contribution in [0.15, 0.2) is 30.3 Å². The lowest BCUT2D eigenvalue weighted by Crippen LogP contribution is -2.08. The summed E-state index contributed by atoms with van der Waals surface area (Å²) in [6.45, 7) is 0. The predicted octanol–water partition coefficient (Wildman–Crippen LogP) is 4.28. The number of carbonyl (C=O) groups is 2. The van der Waals surface area contributed by atoms with Gasteiger partial charge in [0.25, 0.3) is 0 Å². The minimum Gasteiger partial charge on any atom is -0.478 e. The van der Waals surface area contributed by atoms with Crippen LogP contribution in [0.25, 0.3) is 10.8 Å². The van der Waals surface area contributed by atoms with Crippen LogP contribution in [0.3, 0.4) is 0 Å². The molecule has 4 heteroatoms. The molecule has 0 amide bonds. The Morgan fingerprint density at radius 3 is 2.18 bits per heavy atom. The Labute approximate surface area is 128 Å². The highest BCUT2D eigenvalue weighted by Gasteiger charge is 2.20. The van der Waals surface area contributed by atoms with Gasteiger partial charge in [-0.2, -0.15) is 0 Å². The van der Waals surface area contributed by atoms with Crippen molar-refractivity contribution in [2.45, 2.75) is 38.0 Å². The summed E-state index contributed by atoms with van der Waals surface area (Å²) in [4.78, 5) is 22.6. The van der Waals surface area contributed by atoms with Crippen LogP contribution < -0.4 is 0 Å². The molecule has 0 spiro atoms. The smallest absolute Gasteiger partial charge is 0.335 e. The zero-order chi connectivity index (χ0) is 15.7. The molecule has 0 radical (unpaired) electrons. The molecule has 0 aromatic heterocycles. The first-order valence-electron chi connectivity index (χ1n) is 7.60. The molecule has 1 fully saturated rings. The number of carboxylic acid groups (broad SMARTS) is 2. The van der Waals surface area contributed by atoms with E-state index in [9.17, 15) is 19.8 Å². The van der Waals surface area contributed by atoms with Gasteiger partial charge in [-0.1, -0.05) is 25.3 Å². The van der Waals surface area contributed by atoms with Gasteiger partial charge in [-0.25, -0.2) is 9.59 Å². The van der Waals surface area contributed by atoms with Crippen LogP contribution in [0.5, 0.6) is 0 Å². The van der Waals surface area contributed by atoms with Crippen molar-refractivity contribution in [3.63, 3.8) is 0 Å². The third-order valence-electron chi connectivity index (χ3n) is 4.53. The van der Waals surface area contributed by atoms with Gasteiger partial charge in [0.15, 0.2) is 0 Å². The summed E-state index contributed by atoms with van der Waals surface area (Å²) in [6.07, 6.45) is 5.57. The van der Waals surface area contributed by atoms with E-state index in [1.807, 2.05) is 0 Å². The molecule has 0 aliphatic heterocycles. The van der Waals surface area contributed by atoms with E-state index < -0.39 is 11.9 Å². The Bertz CT molecular complexity index is 742. The average Bonchev–Trinajstić information content (AvgIpc) is 2.54. The minimum atomic E-state index is -0.959. The summed E-state index contributed by atoms with van der Waals surface area (Å²) in [5.41, 5.74) is 1.50. The molecule has 2 aromatic rings. The van der Waals surface area contributed by atoms with Crippen LogP contribution in [0.4, 0.5) is 0 Å². The van der Waals surface area contributed by atoms with Crippen molar-refractivity contribution in [2.24, 2.45) is 0 Å². The highest BCUT2D eigenvalue weighted by atomic mass is 16.4. The molecule has 0 heterocycles. The summed E-state index contributed by atoms with van der Waals surface area (Å²) < 4.78 is 0. The number of benzene rings is 2. The van der Waals surface area contributed by atoms with Crippen molar-refractivity contribution in [3.05, 3.63) is 47.0 Å². The van der Waals surface area contributed by atoms with E-state index in [0.29, 0.717) is 5.92 Å². The Kier molecular flexibility index (Phi) is 3.84. The van der Waals surface area contributed by atoms with Crippen molar-refractivity contribution in [1.29, 1.82) is 0 Å². The standard InChI is InChI=1S/C18H18O4/c19-17(20)13-7-6-12-8-14(18(21)22)10-15(16(12)9-13)11-4-2-1-3-5-11/h6-11H,1-5H2,(H,19,20)(H,21,22). The van der Waals surface area contributed by atoms with E-state index in [1.165, 1.54) is 12.5 Å². The minimum absolute atomic E-state index is 0.243. The molecule has 114 valence electrons. The second-order valence-corrected chi connectivity index (χ2v) is 5.95. The molecule has 2 aromatic carbocycles. The molecule has 2 N–H and O–H groups in total. The highest BCUT2D eigenvalue weighted by molar-refractivity contribution is 5.99. The van der Waals surface area contributed by atoms with Crippen LogP contribution >= 0.6 is 0 Å². The number of hydrogen-bond donors (Lipinski definition) is 2. The first-order chi connectivity index (χ1) is 10.6. The lowest BCUT2D eigenvalue weighted by Gasteiger charge is -2.24. The fourth-order valence-electron chi connectivity index (χ4n) is 3.39. The van der Waals surface area contributed by atoms with E-state index in [1.54, 1.807) is 24.3 Å². The van der Waals surface area contributed by atoms with Gasteiger partial charge in [-0.05, 0) is 59.4 Å². The maximum atomic E-state index is 11.4. The molecular weight excluding hydrogens is 280 g/mol. The van der Waals surface area contributed by atoms with Gasteiger partial charge in [0.1, 0.15) is 0 Å². The van der Waals surface area contributed by atoms with Crippen LogP contribution in [0, 0.1) is 0 Å². The van der Waals surface area contributed by atoms with Crippen molar-refractivity contribution in [2.75, 3.05) is 0 Å². The lowest BCUT2D eigenvalue weighted by atomic mass is 9.81. The molecule has 0 saturated heterocycles. The van der Waals surface area contributed by atoms with Gasteiger partial charge >= 0.3 is 11.9 Å². The topological polar surface area (TPSA) is 74.6 Å². The molecule has 1 saturated carbocycles. The van der Waals surface area contributed by atoms with Gasteiger partial charge in [-0.3, -0.25) is 0 Å². The summed E-state index contributed by atoms with van der Waals surface area (Å²) >= 11 is 0. The Hall–Kier alpha value is -2.36. The molecule has 1 aliphatic carbocycles. The highest BCUT2D eigenvalue weighted by Crippen LogP contribution is 2.37. The number of hydrogen-bond acceptors (Lipinski definition) is 2. The fraction of sp³-hybridized carbons (Fsp3) is 0.333. The van der Waals surface area contributed by atoms with E-state index in [2.05, 4.69) is 0 Å². The molecule has 0 bridgehead atoms. The average molecular weight is 298 g/mol. The Morgan fingerprint density at radius 2 is 1.55 bits per heavy atom. The van der Waals surface area contributed by atoms with E-state index in [4.69, 9.17) is 0 Å². The van der Waals surface area contributed by atoms with E-state index >= 15 is 0 Å². The monoisotopic (exact) mass is 298 g/mol. The maximum absolute atomic E-state index is 11.4. The first kappa shape index (κ1) is 14.6. The molecular formula is C18H18O4. The van der Waals surface area contributed by atoms with Crippen molar-refractivity contribution in [1.82, 2.24) is 0 Å². The molecule has 3 rings (SSSR count). The van der Waals surface area contributed by atoms with Crippen molar-refractivity contribution < 1.29 is 19.8 Å². The zero-order valence-corrected chi connectivity index (χ0v) is 12.2. The third kappa shape index (κ3) is 2.69. The maximum Gasteiger partial charge on any atom is 0.335 e. The third-order valence-corrected chi connectivity index (χ3v) is 4.53. The Balaban J connectivity index is 2.21. The molecule has 1 aliphatic rings. The normalized spacial score (nSPS) is 15.8. The number of aromatic carboxylic acids is 2. The van der Waals surface area contributed by atoms with Crippen LogP contribution in [0.2, 0.25) is 0 Å². The molecule has 4 nitrogen and oxygen atoms in total. The van der Waals surface area contributed by atoms with E-state index in [0.717, 1.165) is 42.0 Å². The SMILES string of the molecule is O=C(O)c1cc(C2CCCCC2)c2cc(C(=O)O)ccc2c1. The van der Waals surface area contributed by atoms with Gasteiger partial charge in [0, 0.05) is 0 Å². The van der Waals surface area contributed by atoms with Gasteiger partial charge in [-0.15, -0.1) is 0 Å². The largest absolute Gasteiger partial charge is 0.478 e. The summed E-state index contributed by atoms with van der Waals surface area (Å²) in [5, 5.41) is 20.2. The quantitative estimate of drug-likeness (QED) is 0.886. The van der Waals surface area contributed by atoms with Crippen molar-refractivity contribution >= 4 is 22.7 Å². The van der Waals surface area contributed by atoms with E-state index in [-0.39, 0.29) is 11.1 Å². The number of carboxylic acids is 2. The number of rotatable bonds is 3. The van der Waals surface area contributed by atoms with Crippen molar-refractivity contribution in [3.8, 4) is 0 Å². The Morgan fingerprint density at radius 1 is 0.864 bits per heavy atom. The lowest BCUT2D eigenvalue weighted by molar-refractivity contribution is 0.0685. The fourth-order valence-corrected chi connectivity index (χ4v) is 3.39. The van der Waals surface area contributed by atoms with Gasteiger partial charge < -0.3 is 10.2 Å². The van der Waals surface area contributed by atoms with Gasteiger partial charge in [0.05, 0.1) is 11.1 Å². The second kappa shape index (κ2) is 5.79. The van der Waals surface area contributed by atoms with Crippen LogP contribution in [-0.4, -0.2) is 22.2 Å². The molecule has 0 unspecified atom stereocenters. The number of fused-ring (bicyclic) bond motifs is 1. The van der Waals surface area contributed by atoms with Crippen LogP contribution in [0.1, 0.15) is 64.3 Å². The second-order valence-electron chi connectivity index (χ2n) is 5.95. The zero-order valence-electron chi connectivity index (χ0n) is 12.2. The first-order valence-corrected chi connectivity index (χ1v) is 7.60. The predicted molar refractivity (Wildman–Crippen MR) is 83.7 cm³/mol.